The number of carbonyl (C=O) groups excluding carboxylic acids is 1. The van der Waals surface area contributed by atoms with Crippen LogP contribution in [0.25, 0.3) is 0 Å². The Morgan fingerprint density at radius 3 is 2.55 bits per heavy atom. The van der Waals surface area contributed by atoms with Gasteiger partial charge in [0.2, 0.25) is 0 Å². The van der Waals surface area contributed by atoms with Gasteiger partial charge in [-0.05, 0) is 24.5 Å². The summed E-state index contributed by atoms with van der Waals surface area (Å²) in [6, 6.07) is 5.35. The summed E-state index contributed by atoms with van der Waals surface area (Å²) >= 11 is 0. The summed E-state index contributed by atoms with van der Waals surface area (Å²) in [5.41, 5.74) is 7.67. The van der Waals surface area contributed by atoms with E-state index in [4.69, 9.17) is 10.5 Å². The third-order valence-electron chi connectivity index (χ3n) is 3.14. The molecule has 1 aromatic carbocycles. The van der Waals surface area contributed by atoms with Crippen molar-refractivity contribution >= 4 is 11.7 Å². The molecule has 2 unspecified atom stereocenters. The second-order valence-electron chi connectivity index (χ2n) is 5.06. The largest absolute Gasteiger partial charge is 0.466 e. The number of aliphatic hydroxyl groups excluding tert-OH is 2. The van der Waals surface area contributed by atoms with Gasteiger partial charge >= 0.3 is 5.97 Å². The normalized spacial score (nSPS) is 14.1. The van der Waals surface area contributed by atoms with Crippen LogP contribution in [0.15, 0.2) is 18.2 Å². The van der Waals surface area contributed by atoms with E-state index in [-0.39, 0.29) is 18.9 Å². The maximum atomic E-state index is 11.3. The van der Waals surface area contributed by atoms with Gasteiger partial charge in [0.15, 0.2) is 0 Å². The molecule has 0 aromatic heterocycles. The lowest BCUT2D eigenvalue weighted by atomic mass is 9.94. The van der Waals surface area contributed by atoms with Crippen molar-refractivity contribution in [1.82, 2.24) is 0 Å². The minimum absolute atomic E-state index is 0.243. The van der Waals surface area contributed by atoms with Crippen molar-refractivity contribution < 1.29 is 19.7 Å². The Morgan fingerprint density at radius 2 is 2.00 bits per heavy atom. The zero-order valence-electron chi connectivity index (χ0n) is 12.2. The van der Waals surface area contributed by atoms with Crippen molar-refractivity contribution in [2.75, 3.05) is 12.3 Å². The highest BCUT2D eigenvalue weighted by Crippen LogP contribution is 2.28. The lowest BCUT2D eigenvalue weighted by Gasteiger charge is -2.20. The third kappa shape index (κ3) is 4.21. The van der Waals surface area contributed by atoms with Gasteiger partial charge < -0.3 is 20.7 Å². The summed E-state index contributed by atoms with van der Waals surface area (Å²) in [5.74, 6) is -0.263. The van der Waals surface area contributed by atoms with Gasteiger partial charge in [0, 0.05) is 11.3 Å². The van der Waals surface area contributed by atoms with Crippen molar-refractivity contribution in [3.05, 3.63) is 29.3 Å². The molecule has 0 heterocycles. The molecular formula is C15H23NO4. The molecule has 2 atom stereocenters. The van der Waals surface area contributed by atoms with E-state index in [2.05, 4.69) is 0 Å². The Morgan fingerprint density at radius 1 is 1.35 bits per heavy atom. The molecule has 112 valence electrons. The number of nitrogen functional groups attached to an aromatic ring is 1. The van der Waals surface area contributed by atoms with Crippen molar-refractivity contribution in [2.45, 2.75) is 45.3 Å². The van der Waals surface area contributed by atoms with E-state index in [1.165, 1.54) is 0 Å². The van der Waals surface area contributed by atoms with E-state index in [9.17, 15) is 15.0 Å². The Labute approximate surface area is 119 Å². The Hall–Kier alpha value is -1.59. The van der Waals surface area contributed by atoms with Crippen molar-refractivity contribution in [1.29, 1.82) is 0 Å². The summed E-state index contributed by atoms with van der Waals surface area (Å²) in [4.78, 5) is 11.3. The second kappa shape index (κ2) is 7.26. The minimum atomic E-state index is -1.24. The number of hydrogen-bond donors (Lipinski definition) is 3. The molecule has 0 spiro atoms. The Bertz CT molecular complexity index is 459. The first kappa shape index (κ1) is 16.5. The van der Waals surface area contributed by atoms with Crippen LogP contribution in [0, 0.1) is 0 Å². The van der Waals surface area contributed by atoms with Crippen LogP contribution in [0.1, 0.15) is 50.3 Å². The smallest absolute Gasteiger partial charge is 0.308 e. The quantitative estimate of drug-likeness (QED) is 0.545. The SMILES string of the molecule is CCOC(=O)CC(O)C(O)c1cc(C(C)C)ccc1N. The predicted octanol–water partition coefficient (Wildman–Crippen LogP) is 1.74. The van der Waals surface area contributed by atoms with Gasteiger partial charge in [-0.2, -0.15) is 0 Å². The van der Waals surface area contributed by atoms with Crippen LogP contribution in [0.4, 0.5) is 5.69 Å². The van der Waals surface area contributed by atoms with Crippen molar-refractivity contribution in [3.63, 3.8) is 0 Å². The number of ether oxygens (including phenoxy) is 1. The molecule has 0 aliphatic heterocycles. The van der Waals surface area contributed by atoms with Crippen LogP contribution in [0.2, 0.25) is 0 Å². The molecule has 4 N–H and O–H groups in total. The summed E-state index contributed by atoms with van der Waals surface area (Å²) in [7, 11) is 0. The molecule has 1 aromatic rings. The highest BCUT2D eigenvalue weighted by Gasteiger charge is 2.24. The molecule has 1 rings (SSSR count). The van der Waals surface area contributed by atoms with Gasteiger partial charge in [-0.25, -0.2) is 0 Å². The molecule has 0 saturated carbocycles. The van der Waals surface area contributed by atoms with Crippen LogP contribution < -0.4 is 5.73 Å². The zero-order valence-corrected chi connectivity index (χ0v) is 12.2. The van der Waals surface area contributed by atoms with Crippen LogP contribution in [0.3, 0.4) is 0 Å². The first-order chi connectivity index (χ1) is 9.36. The molecule has 0 radical (unpaired) electrons. The van der Waals surface area contributed by atoms with E-state index in [1.807, 2.05) is 19.9 Å². The minimum Gasteiger partial charge on any atom is -0.466 e. The van der Waals surface area contributed by atoms with Gasteiger partial charge in [0.05, 0.1) is 19.1 Å². The fraction of sp³-hybridized carbons (Fsp3) is 0.533. The molecular weight excluding hydrogens is 258 g/mol. The lowest BCUT2D eigenvalue weighted by molar-refractivity contribution is -0.147. The fourth-order valence-corrected chi connectivity index (χ4v) is 1.92. The first-order valence-corrected chi connectivity index (χ1v) is 6.77. The fourth-order valence-electron chi connectivity index (χ4n) is 1.92. The maximum absolute atomic E-state index is 11.3. The first-order valence-electron chi connectivity index (χ1n) is 6.77. The molecule has 5 heteroatoms. The molecule has 0 aliphatic carbocycles. The molecule has 5 nitrogen and oxygen atoms in total. The van der Waals surface area contributed by atoms with Crippen molar-refractivity contribution in [2.24, 2.45) is 0 Å². The summed E-state index contributed by atoms with van der Waals surface area (Å²) in [6.07, 6.45) is -2.71. The second-order valence-corrected chi connectivity index (χ2v) is 5.06. The zero-order chi connectivity index (χ0) is 15.3. The van der Waals surface area contributed by atoms with Crippen LogP contribution in [-0.4, -0.2) is 28.9 Å². The molecule has 0 bridgehead atoms. The molecule has 0 saturated heterocycles. The molecule has 20 heavy (non-hydrogen) atoms. The monoisotopic (exact) mass is 281 g/mol. The average molecular weight is 281 g/mol. The van der Waals surface area contributed by atoms with Gasteiger partial charge in [-0.1, -0.05) is 26.0 Å². The van der Waals surface area contributed by atoms with E-state index in [1.54, 1.807) is 19.1 Å². The van der Waals surface area contributed by atoms with E-state index in [0.717, 1.165) is 5.56 Å². The van der Waals surface area contributed by atoms with Gasteiger partial charge in [-0.15, -0.1) is 0 Å². The highest BCUT2D eigenvalue weighted by molar-refractivity contribution is 5.70. The number of carbonyl (C=O) groups is 1. The number of hydrogen-bond acceptors (Lipinski definition) is 5. The third-order valence-corrected chi connectivity index (χ3v) is 3.14. The molecule has 0 aliphatic rings. The topological polar surface area (TPSA) is 92.8 Å². The summed E-state index contributed by atoms with van der Waals surface area (Å²) < 4.78 is 4.75. The molecule has 0 fully saturated rings. The Balaban J connectivity index is 2.87. The van der Waals surface area contributed by atoms with Gasteiger partial charge in [0.25, 0.3) is 0 Å². The maximum Gasteiger partial charge on any atom is 0.308 e. The van der Waals surface area contributed by atoms with Gasteiger partial charge in [-0.3, -0.25) is 4.79 Å². The number of aliphatic hydroxyl groups is 2. The predicted molar refractivity (Wildman–Crippen MR) is 77.2 cm³/mol. The number of nitrogens with two attached hydrogens (primary N) is 1. The number of anilines is 1. The molecule has 0 amide bonds. The number of rotatable bonds is 6. The number of esters is 1. The lowest BCUT2D eigenvalue weighted by Crippen LogP contribution is -2.24. The Kier molecular flexibility index (Phi) is 5.98. The van der Waals surface area contributed by atoms with Crippen LogP contribution in [-0.2, 0) is 9.53 Å². The van der Waals surface area contributed by atoms with Crippen LogP contribution >= 0.6 is 0 Å². The van der Waals surface area contributed by atoms with E-state index >= 15 is 0 Å². The van der Waals surface area contributed by atoms with E-state index in [0.29, 0.717) is 11.3 Å². The summed E-state index contributed by atoms with van der Waals surface area (Å²) in [5, 5.41) is 20.1. The summed E-state index contributed by atoms with van der Waals surface area (Å²) in [6.45, 7) is 5.98. The highest BCUT2D eigenvalue weighted by atomic mass is 16.5. The van der Waals surface area contributed by atoms with Gasteiger partial charge in [0.1, 0.15) is 6.10 Å². The standard InChI is InChI=1S/C15H23NO4/c1-4-20-14(18)8-13(17)15(19)11-7-10(9(2)3)5-6-12(11)16/h5-7,9,13,15,17,19H,4,8,16H2,1-3H3. The van der Waals surface area contributed by atoms with Crippen molar-refractivity contribution in [3.8, 4) is 0 Å². The average Bonchev–Trinajstić information content (AvgIpc) is 2.38. The number of benzene rings is 1. The van der Waals surface area contributed by atoms with E-state index < -0.39 is 18.2 Å². The van der Waals surface area contributed by atoms with Crippen LogP contribution in [0.5, 0.6) is 0 Å².